The summed E-state index contributed by atoms with van der Waals surface area (Å²) >= 11 is 0. The van der Waals surface area contributed by atoms with Crippen LogP contribution in [0.3, 0.4) is 0 Å². The third-order valence-electron chi connectivity index (χ3n) is 4.31. The second kappa shape index (κ2) is 4.63. The van der Waals surface area contributed by atoms with Gasteiger partial charge in [0.2, 0.25) is 5.91 Å². The molecule has 3 rings (SSSR count). The van der Waals surface area contributed by atoms with E-state index in [1.54, 1.807) is 0 Å². The third-order valence-corrected chi connectivity index (χ3v) is 4.31. The fourth-order valence-corrected chi connectivity index (χ4v) is 3.37. The molecule has 18 heavy (non-hydrogen) atoms. The number of benzene rings is 1. The highest BCUT2D eigenvalue weighted by molar-refractivity contribution is 5.77. The maximum absolute atomic E-state index is 12.2. The summed E-state index contributed by atoms with van der Waals surface area (Å²) in [6.07, 6.45) is 5.20. The van der Waals surface area contributed by atoms with E-state index in [1.807, 2.05) is 24.3 Å². The molecule has 1 saturated carbocycles. The molecule has 0 aromatic heterocycles. The minimum absolute atomic E-state index is 0.324. The van der Waals surface area contributed by atoms with Crippen LogP contribution in [0.5, 0.6) is 0 Å². The van der Waals surface area contributed by atoms with Crippen molar-refractivity contribution in [2.24, 2.45) is 5.92 Å². The molecule has 1 amide bonds. The van der Waals surface area contributed by atoms with Crippen LogP contribution in [0.15, 0.2) is 24.3 Å². The fraction of sp³-hybridized carbons (Fsp3) is 0.533. The number of nitrogen functional groups attached to an aromatic ring is 1. The Balaban J connectivity index is 1.56. The second-order valence-corrected chi connectivity index (χ2v) is 5.62. The topological polar surface area (TPSA) is 46.3 Å². The summed E-state index contributed by atoms with van der Waals surface area (Å²) < 4.78 is 0. The monoisotopic (exact) mass is 244 g/mol. The molecule has 1 aromatic rings. The number of anilines is 1. The van der Waals surface area contributed by atoms with Gasteiger partial charge in [0, 0.05) is 24.7 Å². The minimum atomic E-state index is 0.324. The Morgan fingerprint density at radius 2 is 2.28 bits per heavy atom. The lowest BCUT2D eigenvalue weighted by atomic mass is 10.1. The van der Waals surface area contributed by atoms with Gasteiger partial charge < -0.3 is 10.6 Å². The van der Waals surface area contributed by atoms with Crippen molar-refractivity contribution in [3.8, 4) is 0 Å². The zero-order chi connectivity index (χ0) is 12.5. The lowest BCUT2D eigenvalue weighted by Crippen LogP contribution is -2.37. The summed E-state index contributed by atoms with van der Waals surface area (Å²) in [5.41, 5.74) is 7.68. The number of hydrogen-bond acceptors (Lipinski definition) is 2. The fourth-order valence-electron chi connectivity index (χ4n) is 3.37. The SMILES string of the molecule is Nc1cccc(CCC(=O)N2CC3CCC2C3)c1. The molecule has 2 atom stereocenters. The summed E-state index contributed by atoms with van der Waals surface area (Å²) in [4.78, 5) is 14.3. The Labute approximate surface area is 108 Å². The van der Waals surface area contributed by atoms with Crippen LogP contribution < -0.4 is 5.73 Å². The number of carbonyl (C=O) groups is 1. The number of piperidine rings is 1. The standard InChI is InChI=1S/C15H20N2O/c16-13-3-1-2-11(8-13)5-7-15(18)17-10-12-4-6-14(17)9-12/h1-3,8,12,14H,4-7,9-10,16H2. The molecule has 1 heterocycles. The van der Waals surface area contributed by atoms with Gasteiger partial charge >= 0.3 is 0 Å². The molecule has 2 unspecified atom stereocenters. The molecule has 1 aromatic carbocycles. The lowest BCUT2D eigenvalue weighted by Gasteiger charge is -2.27. The number of amides is 1. The van der Waals surface area contributed by atoms with Crippen molar-refractivity contribution in [3.63, 3.8) is 0 Å². The normalized spacial score (nSPS) is 25.7. The van der Waals surface area contributed by atoms with Crippen LogP contribution >= 0.6 is 0 Å². The number of rotatable bonds is 3. The maximum atomic E-state index is 12.2. The first-order valence-corrected chi connectivity index (χ1v) is 6.86. The van der Waals surface area contributed by atoms with Crippen LogP contribution in [-0.4, -0.2) is 23.4 Å². The van der Waals surface area contributed by atoms with Crippen molar-refractivity contribution in [2.75, 3.05) is 12.3 Å². The average molecular weight is 244 g/mol. The second-order valence-electron chi connectivity index (χ2n) is 5.62. The molecule has 1 aliphatic carbocycles. The quantitative estimate of drug-likeness (QED) is 0.829. The van der Waals surface area contributed by atoms with Crippen LogP contribution in [0.2, 0.25) is 0 Å². The van der Waals surface area contributed by atoms with E-state index in [2.05, 4.69) is 4.90 Å². The zero-order valence-electron chi connectivity index (χ0n) is 10.6. The van der Waals surface area contributed by atoms with Gasteiger partial charge in [0.1, 0.15) is 0 Å². The van der Waals surface area contributed by atoms with Crippen LogP contribution in [0.4, 0.5) is 5.69 Å². The highest BCUT2D eigenvalue weighted by Crippen LogP contribution is 2.37. The van der Waals surface area contributed by atoms with Gasteiger partial charge in [-0.05, 0) is 49.3 Å². The minimum Gasteiger partial charge on any atom is -0.399 e. The molecular weight excluding hydrogens is 224 g/mol. The summed E-state index contributed by atoms with van der Waals surface area (Å²) in [5, 5.41) is 0. The largest absolute Gasteiger partial charge is 0.399 e. The van der Waals surface area contributed by atoms with Gasteiger partial charge in [-0.25, -0.2) is 0 Å². The predicted octanol–water partition coefficient (Wildman–Crippen LogP) is 2.21. The average Bonchev–Trinajstić information content (AvgIpc) is 2.98. The first-order valence-electron chi connectivity index (χ1n) is 6.86. The van der Waals surface area contributed by atoms with Crippen molar-refractivity contribution in [2.45, 2.75) is 38.1 Å². The van der Waals surface area contributed by atoms with E-state index >= 15 is 0 Å². The lowest BCUT2D eigenvalue weighted by molar-refractivity contribution is -0.132. The highest BCUT2D eigenvalue weighted by Gasteiger charge is 2.39. The van der Waals surface area contributed by atoms with Crippen LogP contribution in [0.25, 0.3) is 0 Å². The number of nitrogens with two attached hydrogens (primary N) is 1. The third kappa shape index (κ3) is 2.22. The predicted molar refractivity (Wildman–Crippen MR) is 72.0 cm³/mol. The molecule has 1 saturated heterocycles. The number of carbonyl (C=O) groups excluding carboxylic acids is 1. The van der Waals surface area contributed by atoms with Gasteiger partial charge in [-0.3, -0.25) is 4.79 Å². The van der Waals surface area contributed by atoms with Crippen molar-refractivity contribution >= 4 is 11.6 Å². The summed E-state index contributed by atoms with van der Waals surface area (Å²) in [6, 6.07) is 8.38. The van der Waals surface area contributed by atoms with E-state index in [9.17, 15) is 4.79 Å². The van der Waals surface area contributed by atoms with E-state index < -0.39 is 0 Å². The summed E-state index contributed by atoms with van der Waals surface area (Å²) in [6.45, 7) is 1.00. The highest BCUT2D eigenvalue weighted by atomic mass is 16.2. The van der Waals surface area contributed by atoms with E-state index in [0.29, 0.717) is 18.4 Å². The molecule has 2 fully saturated rings. The molecule has 0 radical (unpaired) electrons. The number of nitrogens with zero attached hydrogens (tertiary/aromatic N) is 1. The summed E-state index contributed by atoms with van der Waals surface area (Å²) in [5.74, 6) is 1.11. The van der Waals surface area contributed by atoms with Crippen molar-refractivity contribution in [1.82, 2.24) is 4.90 Å². The Kier molecular flexibility index (Phi) is 2.98. The molecule has 3 heteroatoms. The number of fused-ring (bicyclic) bond motifs is 2. The van der Waals surface area contributed by atoms with Gasteiger partial charge in [0.25, 0.3) is 0 Å². The first-order chi connectivity index (χ1) is 8.72. The van der Waals surface area contributed by atoms with Gasteiger partial charge in [-0.2, -0.15) is 0 Å². The smallest absolute Gasteiger partial charge is 0.223 e. The van der Waals surface area contributed by atoms with Gasteiger partial charge in [0.15, 0.2) is 0 Å². The molecule has 1 aliphatic heterocycles. The van der Waals surface area contributed by atoms with Crippen LogP contribution in [-0.2, 0) is 11.2 Å². The van der Waals surface area contributed by atoms with Gasteiger partial charge in [-0.1, -0.05) is 12.1 Å². The summed E-state index contributed by atoms with van der Waals surface area (Å²) in [7, 11) is 0. The van der Waals surface area contributed by atoms with Gasteiger partial charge in [-0.15, -0.1) is 0 Å². The molecular formula is C15H20N2O. The Morgan fingerprint density at radius 1 is 1.39 bits per heavy atom. The molecule has 3 nitrogen and oxygen atoms in total. The van der Waals surface area contributed by atoms with Gasteiger partial charge in [0.05, 0.1) is 0 Å². The molecule has 2 N–H and O–H groups in total. The molecule has 0 spiro atoms. The van der Waals surface area contributed by atoms with E-state index in [-0.39, 0.29) is 0 Å². The van der Waals surface area contributed by atoms with E-state index in [4.69, 9.17) is 5.73 Å². The first kappa shape index (κ1) is 11.6. The molecule has 2 aliphatic rings. The Morgan fingerprint density at radius 3 is 2.94 bits per heavy atom. The molecule has 96 valence electrons. The number of aryl methyl sites for hydroxylation is 1. The maximum Gasteiger partial charge on any atom is 0.223 e. The van der Waals surface area contributed by atoms with Crippen molar-refractivity contribution in [1.29, 1.82) is 0 Å². The van der Waals surface area contributed by atoms with Crippen molar-refractivity contribution in [3.05, 3.63) is 29.8 Å². The number of likely N-dealkylation sites (tertiary alicyclic amines) is 1. The Hall–Kier alpha value is -1.51. The van der Waals surface area contributed by atoms with Crippen LogP contribution in [0.1, 0.15) is 31.2 Å². The zero-order valence-corrected chi connectivity index (χ0v) is 10.6. The molecule has 2 bridgehead atoms. The van der Waals surface area contributed by atoms with E-state index in [1.165, 1.54) is 19.3 Å². The Bertz CT molecular complexity index is 458. The van der Waals surface area contributed by atoms with Crippen LogP contribution in [0, 0.1) is 5.92 Å². The van der Waals surface area contributed by atoms with E-state index in [0.717, 1.165) is 30.1 Å². The van der Waals surface area contributed by atoms with Crippen molar-refractivity contribution < 1.29 is 4.79 Å². The number of hydrogen-bond donors (Lipinski definition) is 1.